The predicted molar refractivity (Wildman–Crippen MR) is 102 cm³/mol. The summed E-state index contributed by atoms with van der Waals surface area (Å²) in [7, 11) is 0. The van der Waals surface area contributed by atoms with Crippen LogP contribution in [0.15, 0.2) is 36.6 Å². The Morgan fingerprint density at radius 1 is 1.19 bits per heavy atom. The molecule has 1 fully saturated rings. The molecule has 0 N–H and O–H groups in total. The Bertz CT molecular complexity index is 796. The van der Waals surface area contributed by atoms with Crippen molar-refractivity contribution >= 4 is 40.6 Å². The third-order valence-corrected chi connectivity index (χ3v) is 4.94. The monoisotopic (exact) mass is 394 g/mol. The van der Waals surface area contributed by atoms with Gasteiger partial charge in [-0.1, -0.05) is 35.3 Å². The molecule has 0 radical (unpaired) electrons. The molecule has 26 heavy (non-hydrogen) atoms. The Hall–Kier alpha value is -1.82. The largest absolute Gasteiger partial charge is 0.372 e. The number of morpholine rings is 1. The van der Waals surface area contributed by atoms with Gasteiger partial charge in [-0.2, -0.15) is 0 Å². The van der Waals surface area contributed by atoms with Gasteiger partial charge in [0.15, 0.2) is 0 Å². The predicted octanol–water partition coefficient (Wildman–Crippen LogP) is 3.37. The van der Waals surface area contributed by atoms with Crippen LogP contribution in [0.2, 0.25) is 10.0 Å². The summed E-state index contributed by atoms with van der Waals surface area (Å²) >= 11 is 12.3. The van der Waals surface area contributed by atoms with Crippen LogP contribution in [0.4, 0.5) is 0 Å². The van der Waals surface area contributed by atoms with Crippen LogP contribution in [0.25, 0.3) is 5.57 Å². The number of hydrogen-bond acceptors (Lipinski definition) is 4. The fourth-order valence-corrected chi connectivity index (χ4v) is 3.95. The normalized spacial score (nSPS) is 23.8. The lowest BCUT2D eigenvalue weighted by Crippen LogP contribution is -2.47. The smallest absolute Gasteiger partial charge is 0.278 e. The minimum atomic E-state index is -0.374. The second kappa shape index (κ2) is 7.43. The molecular weight excluding hydrogens is 375 g/mol. The van der Waals surface area contributed by atoms with Crippen molar-refractivity contribution in [3.63, 3.8) is 0 Å². The maximum absolute atomic E-state index is 13.0. The molecule has 1 aromatic carbocycles. The van der Waals surface area contributed by atoms with Crippen molar-refractivity contribution in [2.45, 2.75) is 26.1 Å². The number of carbonyl (C=O) groups is 2. The molecule has 2 atom stereocenters. The second-order valence-corrected chi connectivity index (χ2v) is 7.36. The van der Waals surface area contributed by atoms with Gasteiger partial charge in [0.25, 0.3) is 11.8 Å². The number of halogens is 2. The van der Waals surface area contributed by atoms with Gasteiger partial charge in [-0.3, -0.25) is 14.5 Å². The van der Waals surface area contributed by atoms with Gasteiger partial charge in [-0.05, 0) is 26.0 Å². The first-order chi connectivity index (χ1) is 12.3. The van der Waals surface area contributed by atoms with Crippen LogP contribution in [-0.4, -0.2) is 53.5 Å². The summed E-state index contributed by atoms with van der Waals surface area (Å²) in [6, 6.07) is 4.91. The van der Waals surface area contributed by atoms with E-state index in [1.807, 2.05) is 18.7 Å². The number of amides is 2. The topological polar surface area (TPSA) is 49.9 Å². The molecule has 0 spiro atoms. The molecule has 0 aromatic heterocycles. The van der Waals surface area contributed by atoms with Crippen LogP contribution < -0.4 is 0 Å². The third kappa shape index (κ3) is 3.39. The molecule has 3 rings (SSSR count). The molecule has 2 unspecified atom stereocenters. The number of benzene rings is 1. The first-order valence-corrected chi connectivity index (χ1v) is 9.16. The van der Waals surface area contributed by atoms with E-state index < -0.39 is 0 Å². The van der Waals surface area contributed by atoms with E-state index in [-0.39, 0.29) is 30.6 Å². The number of hydrogen-bond donors (Lipinski definition) is 0. The van der Waals surface area contributed by atoms with Crippen molar-refractivity contribution in [1.82, 2.24) is 9.80 Å². The van der Waals surface area contributed by atoms with Crippen LogP contribution in [-0.2, 0) is 14.3 Å². The SMILES string of the molecule is C=CCN1C(=O)C(c2ccc(Cl)cc2Cl)=C(N2CC(C)OC(C)C2)C1=O. The molecule has 2 aliphatic heterocycles. The number of carbonyl (C=O) groups excluding carboxylic acids is 2. The zero-order chi connectivity index (χ0) is 19.0. The minimum Gasteiger partial charge on any atom is -0.372 e. The fraction of sp³-hybridized carbons (Fsp3) is 0.368. The Morgan fingerprint density at radius 2 is 1.85 bits per heavy atom. The minimum absolute atomic E-state index is 0.0513. The zero-order valence-corrected chi connectivity index (χ0v) is 16.2. The van der Waals surface area contributed by atoms with Crippen molar-refractivity contribution in [3.05, 3.63) is 52.2 Å². The van der Waals surface area contributed by atoms with E-state index in [4.69, 9.17) is 27.9 Å². The summed E-state index contributed by atoms with van der Waals surface area (Å²) < 4.78 is 5.76. The summed E-state index contributed by atoms with van der Waals surface area (Å²) in [6.45, 7) is 8.72. The second-order valence-electron chi connectivity index (χ2n) is 6.52. The summed E-state index contributed by atoms with van der Waals surface area (Å²) in [5.41, 5.74) is 1.17. The lowest BCUT2D eigenvalue weighted by atomic mass is 10.0. The molecule has 1 aromatic rings. The van der Waals surface area contributed by atoms with Gasteiger partial charge in [0.05, 0.1) is 22.8 Å². The Balaban J connectivity index is 2.14. The molecule has 7 heteroatoms. The molecule has 0 saturated carbocycles. The van der Waals surface area contributed by atoms with E-state index in [0.29, 0.717) is 40.0 Å². The number of imide groups is 1. The maximum atomic E-state index is 13.0. The summed E-state index contributed by atoms with van der Waals surface area (Å²) in [6.07, 6.45) is 1.43. The number of rotatable bonds is 4. The molecule has 2 amide bonds. The van der Waals surface area contributed by atoms with Crippen LogP contribution in [0.1, 0.15) is 19.4 Å². The van der Waals surface area contributed by atoms with Crippen molar-refractivity contribution in [1.29, 1.82) is 0 Å². The molecule has 138 valence electrons. The van der Waals surface area contributed by atoms with E-state index >= 15 is 0 Å². The molecule has 1 saturated heterocycles. The fourth-order valence-electron chi connectivity index (χ4n) is 3.45. The molecular formula is C19H20Cl2N2O3. The Labute approximate surface area is 162 Å². The highest BCUT2D eigenvalue weighted by atomic mass is 35.5. The lowest BCUT2D eigenvalue weighted by molar-refractivity contribution is -0.137. The van der Waals surface area contributed by atoms with E-state index in [0.717, 1.165) is 0 Å². The molecule has 5 nitrogen and oxygen atoms in total. The van der Waals surface area contributed by atoms with Crippen LogP contribution in [0, 0.1) is 0 Å². The van der Waals surface area contributed by atoms with Gasteiger partial charge in [-0.15, -0.1) is 6.58 Å². The highest BCUT2D eigenvalue weighted by Gasteiger charge is 2.43. The van der Waals surface area contributed by atoms with Crippen LogP contribution >= 0.6 is 23.2 Å². The molecule has 0 bridgehead atoms. The highest BCUT2D eigenvalue weighted by Crippen LogP contribution is 2.37. The summed E-state index contributed by atoms with van der Waals surface area (Å²) in [5.74, 6) is -0.710. The Morgan fingerprint density at radius 3 is 2.42 bits per heavy atom. The quantitative estimate of drug-likeness (QED) is 0.580. The van der Waals surface area contributed by atoms with Crippen molar-refractivity contribution in [3.8, 4) is 0 Å². The summed E-state index contributed by atoms with van der Waals surface area (Å²) in [5, 5.41) is 0.801. The van der Waals surface area contributed by atoms with Gasteiger partial charge < -0.3 is 9.64 Å². The number of ether oxygens (including phenoxy) is 1. The van der Waals surface area contributed by atoms with E-state index in [1.54, 1.807) is 18.2 Å². The van der Waals surface area contributed by atoms with E-state index in [2.05, 4.69) is 6.58 Å². The average Bonchev–Trinajstić information content (AvgIpc) is 2.79. The third-order valence-electron chi connectivity index (χ3n) is 4.39. The summed E-state index contributed by atoms with van der Waals surface area (Å²) in [4.78, 5) is 29.1. The van der Waals surface area contributed by atoms with Gasteiger partial charge >= 0.3 is 0 Å². The van der Waals surface area contributed by atoms with E-state index in [1.165, 1.54) is 11.0 Å². The first kappa shape index (κ1) is 19.0. The van der Waals surface area contributed by atoms with Gasteiger partial charge in [0.1, 0.15) is 5.70 Å². The molecule has 2 heterocycles. The van der Waals surface area contributed by atoms with Gasteiger partial charge in [0.2, 0.25) is 0 Å². The Kier molecular flexibility index (Phi) is 5.42. The maximum Gasteiger partial charge on any atom is 0.278 e. The van der Waals surface area contributed by atoms with Crippen molar-refractivity contribution < 1.29 is 14.3 Å². The van der Waals surface area contributed by atoms with Crippen molar-refractivity contribution in [2.75, 3.05) is 19.6 Å². The van der Waals surface area contributed by atoms with Crippen molar-refractivity contribution in [2.24, 2.45) is 0 Å². The number of nitrogens with zero attached hydrogens (tertiary/aromatic N) is 2. The molecule has 0 aliphatic carbocycles. The average molecular weight is 395 g/mol. The van der Waals surface area contributed by atoms with Crippen LogP contribution in [0.3, 0.4) is 0 Å². The first-order valence-electron chi connectivity index (χ1n) is 8.40. The van der Waals surface area contributed by atoms with E-state index in [9.17, 15) is 9.59 Å². The van der Waals surface area contributed by atoms with Crippen LogP contribution in [0.5, 0.6) is 0 Å². The lowest BCUT2D eigenvalue weighted by Gasteiger charge is -2.37. The molecule has 2 aliphatic rings. The zero-order valence-electron chi connectivity index (χ0n) is 14.7. The van der Waals surface area contributed by atoms with Gasteiger partial charge in [0, 0.05) is 30.2 Å². The standard InChI is InChI=1S/C19H20Cl2N2O3/c1-4-7-23-18(24)16(14-6-5-13(20)8-15(14)21)17(19(23)25)22-9-11(2)26-12(3)10-22/h4-6,8,11-12H,1,7,9-10H2,2-3H3. The van der Waals surface area contributed by atoms with Gasteiger partial charge in [-0.25, -0.2) is 0 Å². The highest BCUT2D eigenvalue weighted by molar-refractivity contribution is 6.41.